The van der Waals surface area contributed by atoms with Crippen LogP contribution in [0.5, 0.6) is 17.2 Å². The molecule has 3 aromatic rings. The van der Waals surface area contributed by atoms with E-state index in [-0.39, 0.29) is 22.5 Å². The van der Waals surface area contributed by atoms with E-state index in [1.165, 1.54) is 33.5 Å². The van der Waals surface area contributed by atoms with Crippen LogP contribution in [-0.2, 0) is 4.74 Å². The minimum absolute atomic E-state index is 0.218. The first-order valence-corrected chi connectivity index (χ1v) is 8.51. The molecule has 2 aromatic carbocycles. The van der Waals surface area contributed by atoms with Crippen LogP contribution in [0.25, 0.3) is 11.0 Å². The van der Waals surface area contributed by atoms with Gasteiger partial charge in [0.15, 0.2) is 17.9 Å². The summed E-state index contributed by atoms with van der Waals surface area (Å²) >= 11 is 0. The summed E-state index contributed by atoms with van der Waals surface area (Å²) in [5.74, 6) is -0.308. The van der Waals surface area contributed by atoms with Crippen molar-refractivity contribution < 1.29 is 33.0 Å². The van der Waals surface area contributed by atoms with Crippen LogP contribution >= 0.6 is 0 Å². The van der Waals surface area contributed by atoms with Crippen molar-refractivity contribution in [2.75, 3.05) is 27.9 Å². The predicted molar refractivity (Wildman–Crippen MR) is 103 cm³/mol. The molecule has 1 aromatic heterocycles. The van der Waals surface area contributed by atoms with Crippen LogP contribution in [0.4, 0.5) is 0 Å². The Kier molecular flexibility index (Phi) is 5.82. The number of hydrogen-bond acceptors (Lipinski definition) is 8. The fourth-order valence-corrected chi connectivity index (χ4v) is 2.74. The maximum absolute atomic E-state index is 12.4. The summed E-state index contributed by atoms with van der Waals surface area (Å²) in [6, 6.07) is 10.9. The summed E-state index contributed by atoms with van der Waals surface area (Å²) in [6.45, 7) is -0.572. The van der Waals surface area contributed by atoms with Gasteiger partial charge in [-0.25, -0.2) is 9.59 Å². The second kappa shape index (κ2) is 8.47. The van der Waals surface area contributed by atoms with Crippen molar-refractivity contribution in [2.24, 2.45) is 0 Å². The van der Waals surface area contributed by atoms with E-state index >= 15 is 0 Å². The van der Waals surface area contributed by atoms with Crippen molar-refractivity contribution in [3.05, 3.63) is 64.0 Å². The summed E-state index contributed by atoms with van der Waals surface area (Å²) < 4.78 is 25.6. The summed E-state index contributed by atoms with van der Waals surface area (Å²) in [6.07, 6.45) is 0. The lowest BCUT2D eigenvalue weighted by Gasteiger charge is -2.10. The Hall–Kier alpha value is -3.81. The minimum Gasteiger partial charge on any atom is -0.497 e. The Morgan fingerprint density at radius 3 is 2.34 bits per heavy atom. The highest BCUT2D eigenvalue weighted by Gasteiger charge is 2.20. The van der Waals surface area contributed by atoms with Crippen LogP contribution in [0.3, 0.4) is 0 Å². The first-order valence-electron chi connectivity index (χ1n) is 8.51. The molecule has 0 amide bonds. The number of carbonyl (C=O) groups is 2. The molecule has 0 aliphatic carbocycles. The van der Waals surface area contributed by atoms with Crippen molar-refractivity contribution >= 4 is 22.7 Å². The summed E-state index contributed by atoms with van der Waals surface area (Å²) in [7, 11) is 4.34. The molecule has 0 unspecified atom stereocenters. The zero-order chi connectivity index (χ0) is 21.0. The minimum atomic E-state index is -0.968. The maximum Gasteiger partial charge on any atom is 0.351 e. The molecule has 0 radical (unpaired) electrons. The molecule has 8 heteroatoms. The van der Waals surface area contributed by atoms with E-state index in [0.717, 1.165) is 0 Å². The van der Waals surface area contributed by atoms with Gasteiger partial charge in [-0.1, -0.05) is 12.1 Å². The van der Waals surface area contributed by atoms with Crippen molar-refractivity contribution in [3.63, 3.8) is 0 Å². The quantitative estimate of drug-likeness (QED) is 0.340. The Balaban J connectivity index is 1.80. The Morgan fingerprint density at radius 2 is 1.66 bits per heavy atom. The Morgan fingerprint density at radius 1 is 0.897 bits per heavy atom. The highest BCUT2D eigenvalue weighted by molar-refractivity contribution is 6.02. The number of ether oxygens (including phenoxy) is 4. The molecule has 3 rings (SSSR count). The number of benzene rings is 2. The number of para-hydroxylation sites is 1. The summed E-state index contributed by atoms with van der Waals surface area (Å²) in [4.78, 5) is 36.9. The summed E-state index contributed by atoms with van der Waals surface area (Å²) in [5.41, 5.74) is -0.770. The number of methoxy groups -OCH3 is 3. The zero-order valence-electron chi connectivity index (χ0n) is 16.0. The third-order valence-corrected chi connectivity index (χ3v) is 4.21. The second-order valence-electron chi connectivity index (χ2n) is 5.89. The molecule has 0 N–H and O–H groups in total. The van der Waals surface area contributed by atoms with Gasteiger partial charge in [0.2, 0.25) is 5.78 Å². The van der Waals surface area contributed by atoms with E-state index < -0.39 is 24.0 Å². The number of Topliss-reactive ketones (excluding diaryl/α,β-unsaturated/α-hetero) is 1. The van der Waals surface area contributed by atoms with E-state index in [2.05, 4.69) is 0 Å². The number of rotatable bonds is 7. The molecule has 8 nitrogen and oxygen atoms in total. The largest absolute Gasteiger partial charge is 0.497 e. The fraction of sp³-hybridized carbons (Fsp3) is 0.190. The number of hydrogen-bond donors (Lipinski definition) is 0. The average molecular weight is 398 g/mol. The van der Waals surface area contributed by atoms with Gasteiger partial charge in [-0.15, -0.1) is 0 Å². The number of esters is 1. The van der Waals surface area contributed by atoms with Crippen LogP contribution in [-0.4, -0.2) is 39.7 Å². The second-order valence-corrected chi connectivity index (χ2v) is 5.89. The molecular formula is C21H18O8. The van der Waals surface area contributed by atoms with E-state index in [4.69, 9.17) is 23.4 Å². The molecule has 0 aliphatic rings. The number of ketones is 1. The van der Waals surface area contributed by atoms with Gasteiger partial charge in [0.1, 0.15) is 17.1 Å². The molecule has 1 heterocycles. The van der Waals surface area contributed by atoms with Gasteiger partial charge < -0.3 is 23.4 Å². The smallest absolute Gasteiger partial charge is 0.351 e. The molecule has 150 valence electrons. The van der Waals surface area contributed by atoms with E-state index in [1.54, 1.807) is 30.3 Å². The fourth-order valence-electron chi connectivity index (χ4n) is 2.74. The first kappa shape index (κ1) is 19.9. The van der Waals surface area contributed by atoms with Crippen molar-refractivity contribution in [3.8, 4) is 17.2 Å². The number of carbonyl (C=O) groups excluding carboxylic acids is 2. The van der Waals surface area contributed by atoms with Crippen molar-refractivity contribution in [1.82, 2.24) is 0 Å². The van der Waals surface area contributed by atoms with Crippen molar-refractivity contribution in [1.29, 1.82) is 0 Å². The third kappa shape index (κ3) is 4.06. The van der Waals surface area contributed by atoms with Gasteiger partial charge in [0.05, 0.1) is 26.9 Å². The topological polar surface area (TPSA) is 101 Å². The van der Waals surface area contributed by atoms with Crippen molar-refractivity contribution in [2.45, 2.75) is 0 Å². The molecule has 0 saturated heterocycles. The highest BCUT2D eigenvalue weighted by atomic mass is 16.5. The van der Waals surface area contributed by atoms with Gasteiger partial charge in [0.25, 0.3) is 0 Å². The predicted octanol–water partition coefficient (Wildman–Crippen LogP) is 2.86. The lowest BCUT2D eigenvalue weighted by atomic mass is 10.1. The molecule has 0 aliphatic heterocycles. The van der Waals surface area contributed by atoms with E-state index in [0.29, 0.717) is 16.9 Å². The van der Waals surface area contributed by atoms with Gasteiger partial charge in [-0.3, -0.25) is 4.79 Å². The summed E-state index contributed by atoms with van der Waals surface area (Å²) in [5, 5.41) is 0.485. The van der Waals surface area contributed by atoms with Gasteiger partial charge >= 0.3 is 11.6 Å². The molecule has 0 atom stereocenters. The Labute approximate surface area is 165 Å². The van der Waals surface area contributed by atoms with Gasteiger partial charge in [0, 0.05) is 11.5 Å². The third-order valence-electron chi connectivity index (χ3n) is 4.21. The molecular weight excluding hydrogens is 380 g/mol. The maximum atomic E-state index is 12.4. The Bertz CT molecular complexity index is 1130. The van der Waals surface area contributed by atoms with Crippen LogP contribution in [0.2, 0.25) is 0 Å². The van der Waals surface area contributed by atoms with Crippen LogP contribution in [0.15, 0.2) is 51.7 Å². The molecule has 29 heavy (non-hydrogen) atoms. The molecule has 0 bridgehead atoms. The first-order chi connectivity index (χ1) is 14.0. The highest BCUT2D eigenvalue weighted by Crippen LogP contribution is 2.26. The normalized spacial score (nSPS) is 10.4. The molecule has 0 fully saturated rings. The van der Waals surface area contributed by atoms with Crippen LogP contribution < -0.4 is 19.8 Å². The molecule has 0 spiro atoms. The lowest BCUT2D eigenvalue weighted by Crippen LogP contribution is -2.20. The molecule has 0 saturated carbocycles. The number of fused-ring (bicyclic) bond motifs is 1. The lowest BCUT2D eigenvalue weighted by molar-refractivity contribution is 0.0470. The van der Waals surface area contributed by atoms with Crippen LogP contribution in [0, 0.1) is 0 Å². The SMILES string of the molecule is COc1ccc(C(=O)COC(=O)c2cc3cccc(OC)c3oc2=O)c(OC)c1. The average Bonchev–Trinajstić information content (AvgIpc) is 2.75. The zero-order valence-corrected chi connectivity index (χ0v) is 16.0. The monoisotopic (exact) mass is 398 g/mol. The van der Waals surface area contributed by atoms with E-state index in [9.17, 15) is 14.4 Å². The van der Waals surface area contributed by atoms with E-state index in [1.807, 2.05) is 0 Å². The van der Waals surface area contributed by atoms with Gasteiger partial charge in [-0.2, -0.15) is 0 Å². The standard InChI is InChI=1S/C21H18O8/c1-25-13-7-8-14(18(10-13)27-3)16(22)11-28-20(23)15-9-12-5-4-6-17(26-2)19(12)29-21(15)24/h4-10H,11H2,1-3H3. The van der Waals surface area contributed by atoms with Crippen LogP contribution in [0.1, 0.15) is 20.7 Å². The van der Waals surface area contributed by atoms with Gasteiger partial charge in [-0.05, 0) is 24.3 Å².